The second-order valence-electron chi connectivity index (χ2n) is 3.86. The molecule has 1 aromatic rings. The van der Waals surface area contributed by atoms with Gasteiger partial charge in [-0.1, -0.05) is 13.8 Å². The molecule has 0 amide bonds. The molecule has 0 radical (unpaired) electrons. The first kappa shape index (κ1) is 14.4. The lowest BCUT2D eigenvalue weighted by Gasteiger charge is -2.30. The number of hydrogen-bond acceptors (Lipinski definition) is 4. The van der Waals surface area contributed by atoms with Crippen molar-refractivity contribution in [2.75, 3.05) is 25.2 Å². The van der Waals surface area contributed by atoms with E-state index < -0.39 is 0 Å². The molecule has 0 fully saturated rings. The van der Waals surface area contributed by atoms with Crippen LogP contribution in [0.2, 0.25) is 0 Å². The van der Waals surface area contributed by atoms with Crippen LogP contribution in [0.15, 0.2) is 16.9 Å². The Morgan fingerprint density at radius 2 is 1.88 bits per heavy atom. The normalized spacial score (nSPS) is 10.9. The zero-order valence-corrected chi connectivity index (χ0v) is 12.3. The monoisotopic (exact) mass is 301 g/mol. The standard InChI is InChI=1S/C12H20BrN3O/c1-4-11(5-2)16(6-7-17-3)12-14-8-10(13)9-15-12/h8-9,11H,4-7H2,1-3H3. The summed E-state index contributed by atoms with van der Waals surface area (Å²) in [5.74, 6) is 0.777. The highest BCUT2D eigenvalue weighted by Gasteiger charge is 2.17. The van der Waals surface area contributed by atoms with Gasteiger partial charge in [0, 0.05) is 32.1 Å². The highest BCUT2D eigenvalue weighted by molar-refractivity contribution is 9.10. The molecule has 0 atom stereocenters. The Kier molecular flexibility index (Phi) is 6.44. The minimum atomic E-state index is 0.464. The first-order chi connectivity index (χ1) is 8.22. The van der Waals surface area contributed by atoms with Crippen molar-refractivity contribution in [3.05, 3.63) is 16.9 Å². The van der Waals surface area contributed by atoms with E-state index >= 15 is 0 Å². The summed E-state index contributed by atoms with van der Waals surface area (Å²) in [6.45, 7) is 5.89. The maximum absolute atomic E-state index is 5.15. The Morgan fingerprint density at radius 1 is 1.29 bits per heavy atom. The smallest absolute Gasteiger partial charge is 0.225 e. The Balaban J connectivity index is 2.84. The average Bonchev–Trinajstić information content (AvgIpc) is 2.36. The third-order valence-electron chi connectivity index (χ3n) is 2.78. The van der Waals surface area contributed by atoms with Crippen molar-refractivity contribution in [1.82, 2.24) is 9.97 Å². The molecular formula is C12H20BrN3O. The molecule has 0 aromatic carbocycles. The number of rotatable bonds is 7. The van der Waals surface area contributed by atoms with E-state index in [0.29, 0.717) is 12.6 Å². The second-order valence-corrected chi connectivity index (χ2v) is 4.77. The van der Waals surface area contributed by atoms with Gasteiger partial charge in [-0.15, -0.1) is 0 Å². The molecular weight excluding hydrogens is 282 g/mol. The molecule has 0 unspecified atom stereocenters. The van der Waals surface area contributed by atoms with Crippen LogP contribution >= 0.6 is 15.9 Å². The topological polar surface area (TPSA) is 38.2 Å². The zero-order chi connectivity index (χ0) is 12.7. The van der Waals surface area contributed by atoms with E-state index in [9.17, 15) is 0 Å². The molecule has 96 valence electrons. The highest BCUT2D eigenvalue weighted by Crippen LogP contribution is 2.17. The molecule has 1 aromatic heterocycles. The molecule has 0 aliphatic heterocycles. The number of nitrogens with zero attached hydrogens (tertiary/aromatic N) is 3. The Hall–Kier alpha value is -0.680. The minimum absolute atomic E-state index is 0.464. The van der Waals surface area contributed by atoms with Gasteiger partial charge in [-0.25, -0.2) is 9.97 Å². The van der Waals surface area contributed by atoms with Crippen LogP contribution in [0.4, 0.5) is 5.95 Å². The summed E-state index contributed by atoms with van der Waals surface area (Å²) >= 11 is 3.35. The van der Waals surface area contributed by atoms with Crippen LogP contribution in [0, 0.1) is 0 Å². The summed E-state index contributed by atoms with van der Waals surface area (Å²) < 4.78 is 6.05. The van der Waals surface area contributed by atoms with E-state index in [1.807, 2.05) is 0 Å². The average molecular weight is 302 g/mol. The van der Waals surface area contributed by atoms with Crippen LogP contribution in [0.3, 0.4) is 0 Å². The summed E-state index contributed by atoms with van der Waals surface area (Å²) in [6.07, 6.45) is 5.73. The largest absolute Gasteiger partial charge is 0.383 e. The maximum atomic E-state index is 5.15. The van der Waals surface area contributed by atoms with E-state index in [1.54, 1.807) is 19.5 Å². The van der Waals surface area contributed by atoms with Gasteiger partial charge in [-0.3, -0.25) is 0 Å². The van der Waals surface area contributed by atoms with Crippen molar-refractivity contribution < 1.29 is 4.74 Å². The summed E-state index contributed by atoms with van der Waals surface area (Å²) in [7, 11) is 1.72. The maximum Gasteiger partial charge on any atom is 0.225 e. The summed E-state index contributed by atoms with van der Waals surface area (Å²) in [6, 6.07) is 0.464. The number of aromatic nitrogens is 2. The molecule has 4 nitrogen and oxygen atoms in total. The first-order valence-electron chi connectivity index (χ1n) is 5.96. The van der Waals surface area contributed by atoms with Gasteiger partial charge in [0.25, 0.3) is 0 Å². The molecule has 0 saturated heterocycles. The van der Waals surface area contributed by atoms with Gasteiger partial charge in [0.05, 0.1) is 11.1 Å². The number of halogens is 1. The molecule has 0 aliphatic rings. The molecule has 0 saturated carbocycles. The lowest BCUT2D eigenvalue weighted by atomic mass is 10.1. The third-order valence-corrected chi connectivity index (χ3v) is 3.19. The molecule has 0 N–H and O–H groups in total. The predicted octanol–water partition coefficient (Wildman–Crippen LogP) is 2.88. The van der Waals surface area contributed by atoms with Gasteiger partial charge in [0.2, 0.25) is 5.95 Å². The molecule has 1 rings (SSSR count). The lowest BCUT2D eigenvalue weighted by Crippen LogP contribution is -2.38. The lowest BCUT2D eigenvalue weighted by molar-refractivity contribution is 0.202. The van der Waals surface area contributed by atoms with Gasteiger partial charge < -0.3 is 9.64 Å². The van der Waals surface area contributed by atoms with E-state index in [-0.39, 0.29) is 0 Å². The van der Waals surface area contributed by atoms with Crippen molar-refractivity contribution in [2.45, 2.75) is 32.7 Å². The van der Waals surface area contributed by atoms with Gasteiger partial charge in [0.15, 0.2) is 0 Å². The van der Waals surface area contributed by atoms with Crippen LogP contribution in [0.25, 0.3) is 0 Å². The van der Waals surface area contributed by atoms with Gasteiger partial charge in [0.1, 0.15) is 0 Å². The summed E-state index contributed by atoms with van der Waals surface area (Å²) in [5.41, 5.74) is 0. The van der Waals surface area contributed by atoms with E-state index in [0.717, 1.165) is 29.8 Å². The molecule has 0 aliphatic carbocycles. The van der Waals surface area contributed by atoms with Crippen LogP contribution in [0.5, 0.6) is 0 Å². The van der Waals surface area contributed by atoms with Gasteiger partial charge in [-0.2, -0.15) is 0 Å². The SMILES string of the molecule is CCC(CC)N(CCOC)c1ncc(Br)cn1. The number of hydrogen-bond donors (Lipinski definition) is 0. The number of methoxy groups -OCH3 is 1. The third kappa shape index (κ3) is 4.24. The van der Waals surface area contributed by atoms with Crippen molar-refractivity contribution >= 4 is 21.9 Å². The Labute approximate surface area is 112 Å². The predicted molar refractivity (Wildman–Crippen MR) is 73.3 cm³/mol. The second kappa shape index (κ2) is 7.61. The van der Waals surface area contributed by atoms with Crippen LogP contribution in [0.1, 0.15) is 26.7 Å². The zero-order valence-electron chi connectivity index (χ0n) is 10.7. The fourth-order valence-corrected chi connectivity index (χ4v) is 2.02. The van der Waals surface area contributed by atoms with Crippen molar-refractivity contribution in [2.24, 2.45) is 0 Å². The van der Waals surface area contributed by atoms with Crippen molar-refractivity contribution in [1.29, 1.82) is 0 Å². The minimum Gasteiger partial charge on any atom is -0.383 e. The molecule has 0 spiro atoms. The van der Waals surface area contributed by atoms with E-state index in [1.165, 1.54) is 0 Å². The van der Waals surface area contributed by atoms with Gasteiger partial charge >= 0.3 is 0 Å². The van der Waals surface area contributed by atoms with Crippen molar-refractivity contribution in [3.63, 3.8) is 0 Å². The van der Waals surface area contributed by atoms with E-state index in [2.05, 4.69) is 44.6 Å². The van der Waals surface area contributed by atoms with E-state index in [4.69, 9.17) is 4.74 Å². The quantitative estimate of drug-likeness (QED) is 0.776. The highest BCUT2D eigenvalue weighted by atomic mass is 79.9. The fraction of sp³-hybridized carbons (Fsp3) is 0.667. The molecule has 0 bridgehead atoms. The Morgan fingerprint density at radius 3 is 2.35 bits per heavy atom. The van der Waals surface area contributed by atoms with Crippen LogP contribution < -0.4 is 4.90 Å². The summed E-state index contributed by atoms with van der Waals surface area (Å²) in [4.78, 5) is 10.9. The molecule has 17 heavy (non-hydrogen) atoms. The summed E-state index contributed by atoms with van der Waals surface area (Å²) in [5, 5.41) is 0. The van der Waals surface area contributed by atoms with Crippen LogP contribution in [-0.2, 0) is 4.74 Å². The Bertz CT molecular complexity index is 314. The van der Waals surface area contributed by atoms with Gasteiger partial charge in [-0.05, 0) is 28.8 Å². The molecule has 5 heteroatoms. The fourth-order valence-electron chi connectivity index (χ4n) is 1.82. The first-order valence-corrected chi connectivity index (χ1v) is 6.75. The van der Waals surface area contributed by atoms with Crippen LogP contribution in [-0.4, -0.2) is 36.3 Å². The number of anilines is 1. The molecule has 1 heterocycles. The van der Waals surface area contributed by atoms with Crippen molar-refractivity contribution in [3.8, 4) is 0 Å². The number of ether oxygens (including phenoxy) is 1.